The van der Waals surface area contributed by atoms with Gasteiger partial charge in [0, 0.05) is 12.6 Å². The number of aliphatic hydroxyl groups is 2. The molecule has 0 amide bonds. The molecule has 1 aliphatic rings. The summed E-state index contributed by atoms with van der Waals surface area (Å²) in [6, 6.07) is 1.36. The van der Waals surface area contributed by atoms with E-state index < -0.39 is 44.7 Å². The molecule has 1 fully saturated rings. The monoisotopic (exact) mass is 337 g/mol. The maximum atomic E-state index is 11.7. The molecule has 1 aromatic rings. The van der Waals surface area contributed by atoms with Gasteiger partial charge in [-0.25, -0.2) is 9.36 Å². The largest absolute Gasteiger partial charge is 0.470 e. The van der Waals surface area contributed by atoms with Crippen LogP contribution in [0.25, 0.3) is 0 Å². The average molecular weight is 337 g/mol. The molecule has 6 N–H and O–H groups in total. The van der Waals surface area contributed by atoms with Crippen molar-refractivity contribution in [1.29, 1.82) is 0 Å². The Kier molecular flexibility index (Phi) is 4.97. The SMILES string of the molecule is Nc1ccn([C@H]2C[C@H](O)[C@@H](C(CO)OP(=O)(O)O)O2)c(=O)n1. The number of nitrogens with two attached hydrogens (primary N) is 1. The normalized spacial score (nSPS) is 27.0. The van der Waals surface area contributed by atoms with E-state index in [4.69, 9.17) is 25.4 Å². The molecule has 12 heteroatoms. The highest BCUT2D eigenvalue weighted by Gasteiger charge is 2.42. The molecule has 0 saturated carbocycles. The molecule has 0 aromatic carbocycles. The highest BCUT2D eigenvalue weighted by atomic mass is 31.2. The van der Waals surface area contributed by atoms with E-state index in [2.05, 4.69) is 9.51 Å². The van der Waals surface area contributed by atoms with Crippen LogP contribution in [-0.4, -0.2) is 54.5 Å². The molecule has 22 heavy (non-hydrogen) atoms. The molecular weight excluding hydrogens is 321 g/mol. The molecule has 2 rings (SSSR count). The predicted molar refractivity (Wildman–Crippen MR) is 71.4 cm³/mol. The number of phosphoric ester groups is 1. The van der Waals surface area contributed by atoms with Gasteiger partial charge in [-0.1, -0.05) is 0 Å². The van der Waals surface area contributed by atoms with Crippen LogP contribution in [0.5, 0.6) is 0 Å². The van der Waals surface area contributed by atoms with Gasteiger partial charge < -0.3 is 30.5 Å². The summed E-state index contributed by atoms with van der Waals surface area (Å²) < 4.78 is 21.7. The molecule has 0 bridgehead atoms. The standard InChI is InChI=1S/C10H16N3O8P/c11-7-1-2-13(10(16)12-7)8-3-5(15)9(20-8)6(4-14)21-22(17,18)19/h1-2,5-6,8-9,14-15H,3-4H2,(H2,11,12,16)(H2,17,18,19)/t5-,6?,8+,9-/m0/s1. The zero-order valence-corrected chi connectivity index (χ0v) is 12.1. The molecule has 0 radical (unpaired) electrons. The van der Waals surface area contributed by atoms with Crippen molar-refractivity contribution < 1.29 is 33.8 Å². The number of hydrogen-bond donors (Lipinski definition) is 5. The van der Waals surface area contributed by atoms with Crippen LogP contribution < -0.4 is 11.4 Å². The first-order chi connectivity index (χ1) is 10.2. The van der Waals surface area contributed by atoms with Gasteiger partial charge in [-0.2, -0.15) is 4.98 Å². The molecule has 1 aliphatic heterocycles. The third-order valence-electron chi connectivity index (χ3n) is 3.12. The molecule has 2 heterocycles. The highest BCUT2D eigenvalue weighted by molar-refractivity contribution is 7.46. The zero-order valence-electron chi connectivity index (χ0n) is 11.2. The van der Waals surface area contributed by atoms with Crippen LogP contribution in [0, 0.1) is 0 Å². The molecular formula is C10H16N3O8P. The Morgan fingerprint density at radius 3 is 2.82 bits per heavy atom. The number of ether oxygens (including phenoxy) is 1. The number of hydrogen-bond acceptors (Lipinski definition) is 8. The van der Waals surface area contributed by atoms with Gasteiger partial charge in [0.2, 0.25) is 0 Å². The number of nitrogen functional groups attached to an aromatic ring is 1. The Labute approximate surface area is 124 Å². The molecule has 4 atom stereocenters. The summed E-state index contributed by atoms with van der Waals surface area (Å²) >= 11 is 0. The number of aromatic nitrogens is 2. The van der Waals surface area contributed by atoms with Crippen molar-refractivity contribution in [2.75, 3.05) is 12.3 Å². The third kappa shape index (κ3) is 3.90. The van der Waals surface area contributed by atoms with E-state index in [9.17, 15) is 14.5 Å². The van der Waals surface area contributed by atoms with Crippen LogP contribution in [0.2, 0.25) is 0 Å². The summed E-state index contributed by atoms with van der Waals surface area (Å²) in [5, 5.41) is 19.1. The van der Waals surface area contributed by atoms with E-state index in [-0.39, 0.29) is 12.2 Å². The molecule has 1 unspecified atom stereocenters. The van der Waals surface area contributed by atoms with Gasteiger partial charge in [0.25, 0.3) is 0 Å². The van der Waals surface area contributed by atoms with Gasteiger partial charge in [-0.3, -0.25) is 9.09 Å². The Morgan fingerprint density at radius 2 is 2.27 bits per heavy atom. The summed E-state index contributed by atoms with van der Waals surface area (Å²) in [4.78, 5) is 32.8. The summed E-state index contributed by atoms with van der Waals surface area (Å²) in [5.41, 5.74) is 4.67. The topological polar surface area (TPSA) is 177 Å². The Hall–Kier alpha value is -1.33. The molecule has 124 valence electrons. The van der Waals surface area contributed by atoms with E-state index in [1.165, 1.54) is 12.3 Å². The van der Waals surface area contributed by atoms with Crippen molar-refractivity contribution in [3.63, 3.8) is 0 Å². The summed E-state index contributed by atoms with van der Waals surface area (Å²) in [6.45, 7) is -0.783. The van der Waals surface area contributed by atoms with Crippen LogP contribution in [-0.2, 0) is 13.8 Å². The van der Waals surface area contributed by atoms with Crippen LogP contribution in [0.4, 0.5) is 5.82 Å². The van der Waals surface area contributed by atoms with Gasteiger partial charge >= 0.3 is 13.5 Å². The van der Waals surface area contributed by atoms with Crippen LogP contribution >= 0.6 is 7.82 Å². The highest BCUT2D eigenvalue weighted by Crippen LogP contribution is 2.41. The van der Waals surface area contributed by atoms with Crippen molar-refractivity contribution in [2.45, 2.75) is 31.0 Å². The smallest absolute Gasteiger partial charge is 0.394 e. The van der Waals surface area contributed by atoms with Crippen LogP contribution in [0.1, 0.15) is 12.6 Å². The lowest BCUT2D eigenvalue weighted by molar-refractivity contribution is -0.0935. The number of phosphoric acid groups is 1. The Bertz CT molecular complexity index is 631. The molecule has 0 spiro atoms. The minimum atomic E-state index is -4.87. The number of nitrogens with zero attached hydrogens (tertiary/aromatic N) is 2. The summed E-state index contributed by atoms with van der Waals surface area (Å²) in [6.07, 6.45) is -3.50. The van der Waals surface area contributed by atoms with Gasteiger partial charge in [0.15, 0.2) is 0 Å². The van der Waals surface area contributed by atoms with Crippen LogP contribution in [0.3, 0.4) is 0 Å². The molecule has 1 aromatic heterocycles. The molecule has 1 saturated heterocycles. The lowest BCUT2D eigenvalue weighted by Crippen LogP contribution is -2.38. The number of rotatable bonds is 5. The van der Waals surface area contributed by atoms with E-state index in [0.717, 1.165) is 4.57 Å². The molecule has 11 nitrogen and oxygen atoms in total. The third-order valence-corrected chi connectivity index (χ3v) is 3.66. The van der Waals surface area contributed by atoms with E-state index in [1.807, 2.05) is 0 Å². The van der Waals surface area contributed by atoms with Crippen molar-refractivity contribution in [3.8, 4) is 0 Å². The minimum absolute atomic E-state index is 0.0226. The summed E-state index contributed by atoms with van der Waals surface area (Å²) in [5.74, 6) is 0.0226. The van der Waals surface area contributed by atoms with Crippen molar-refractivity contribution in [3.05, 3.63) is 22.7 Å². The van der Waals surface area contributed by atoms with E-state index >= 15 is 0 Å². The fourth-order valence-corrected chi connectivity index (χ4v) is 2.74. The van der Waals surface area contributed by atoms with Crippen molar-refractivity contribution in [2.24, 2.45) is 0 Å². The van der Waals surface area contributed by atoms with Crippen molar-refractivity contribution in [1.82, 2.24) is 9.55 Å². The zero-order chi connectivity index (χ0) is 16.5. The Morgan fingerprint density at radius 1 is 1.59 bits per heavy atom. The lowest BCUT2D eigenvalue weighted by atomic mass is 10.1. The first kappa shape index (κ1) is 17.0. The lowest BCUT2D eigenvalue weighted by Gasteiger charge is -2.24. The van der Waals surface area contributed by atoms with E-state index in [0.29, 0.717) is 0 Å². The van der Waals surface area contributed by atoms with Gasteiger partial charge in [0.1, 0.15) is 24.3 Å². The quantitative estimate of drug-likeness (QED) is 0.375. The van der Waals surface area contributed by atoms with Crippen molar-refractivity contribution >= 4 is 13.6 Å². The second-order valence-electron chi connectivity index (χ2n) is 4.72. The van der Waals surface area contributed by atoms with Gasteiger partial charge in [-0.15, -0.1) is 0 Å². The maximum absolute atomic E-state index is 11.7. The fourth-order valence-electron chi connectivity index (χ4n) is 2.20. The maximum Gasteiger partial charge on any atom is 0.470 e. The number of anilines is 1. The van der Waals surface area contributed by atoms with Gasteiger partial charge in [-0.05, 0) is 6.07 Å². The second-order valence-corrected chi connectivity index (χ2v) is 5.91. The summed E-state index contributed by atoms with van der Waals surface area (Å²) in [7, 11) is -4.87. The number of aliphatic hydroxyl groups excluding tert-OH is 2. The predicted octanol–water partition coefficient (Wildman–Crippen LogP) is -2.06. The first-order valence-electron chi connectivity index (χ1n) is 6.24. The van der Waals surface area contributed by atoms with E-state index in [1.54, 1.807) is 0 Å². The van der Waals surface area contributed by atoms with Gasteiger partial charge in [0.05, 0.1) is 12.7 Å². The Balaban J connectivity index is 2.17. The van der Waals surface area contributed by atoms with Crippen LogP contribution in [0.15, 0.2) is 17.1 Å². The average Bonchev–Trinajstić information content (AvgIpc) is 2.76. The first-order valence-corrected chi connectivity index (χ1v) is 7.77. The minimum Gasteiger partial charge on any atom is -0.394 e. The molecule has 0 aliphatic carbocycles. The fraction of sp³-hybridized carbons (Fsp3) is 0.600. The second kappa shape index (κ2) is 6.42.